The minimum atomic E-state index is -1.26. The molecule has 1 aliphatic rings. The van der Waals surface area contributed by atoms with Gasteiger partial charge in [0.2, 0.25) is 0 Å². The molecular weight excluding hydrogens is 398 g/mol. The van der Waals surface area contributed by atoms with Gasteiger partial charge in [0.15, 0.2) is 0 Å². The van der Waals surface area contributed by atoms with Crippen LogP contribution in [0.5, 0.6) is 0 Å². The number of urea groups is 1. The van der Waals surface area contributed by atoms with Gasteiger partial charge in [0.1, 0.15) is 11.4 Å². The molecule has 4 nitrogen and oxygen atoms in total. The third-order valence-corrected chi connectivity index (χ3v) is 5.73. The van der Waals surface area contributed by atoms with Crippen LogP contribution in [0.4, 0.5) is 9.18 Å². The first-order valence-corrected chi connectivity index (χ1v) is 9.54. The average Bonchev–Trinajstić information content (AvgIpc) is 2.80. The first kappa shape index (κ1) is 19.0. The van der Waals surface area contributed by atoms with Gasteiger partial charge in [0.05, 0.1) is 0 Å². The maximum Gasteiger partial charge on any atom is 0.325 e. The molecule has 0 aromatic heterocycles. The number of amides is 3. The second-order valence-corrected chi connectivity index (χ2v) is 7.90. The molecule has 1 saturated heterocycles. The molecule has 3 amide bonds. The number of rotatable bonds is 5. The number of nitrogens with zero attached hydrogens (tertiary/aromatic N) is 1. The molecule has 1 atom stereocenters. The second-order valence-electron chi connectivity index (χ2n) is 5.91. The molecule has 136 valence electrons. The van der Waals surface area contributed by atoms with Crippen molar-refractivity contribution >= 4 is 46.9 Å². The van der Waals surface area contributed by atoms with Crippen LogP contribution >= 0.6 is 35.0 Å². The van der Waals surface area contributed by atoms with Crippen molar-refractivity contribution in [1.82, 2.24) is 10.2 Å². The average molecular weight is 413 g/mol. The predicted molar refractivity (Wildman–Crippen MR) is 101 cm³/mol. The van der Waals surface area contributed by atoms with Gasteiger partial charge in [-0.2, -0.15) is 0 Å². The van der Waals surface area contributed by atoms with Gasteiger partial charge in [-0.3, -0.25) is 9.69 Å². The molecule has 8 heteroatoms. The van der Waals surface area contributed by atoms with Crippen molar-refractivity contribution in [1.29, 1.82) is 0 Å². The molecule has 26 heavy (non-hydrogen) atoms. The molecule has 2 aromatic rings. The topological polar surface area (TPSA) is 49.4 Å². The number of hydrogen-bond acceptors (Lipinski definition) is 3. The van der Waals surface area contributed by atoms with E-state index in [4.69, 9.17) is 23.2 Å². The van der Waals surface area contributed by atoms with Crippen LogP contribution in [0.15, 0.2) is 47.4 Å². The molecule has 0 unspecified atom stereocenters. The SMILES string of the molecule is C[C@@]1(c2ccc(Cl)cc2Cl)NC(=O)N(CCSc2ccccc2F)C1=O. The fourth-order valence-corrected chi connectivity index (χ4v) is 4.26. The van der Waals surface area contributed by atoms with Crippen molar-refractivity contribution in [3.8, 4) is 0 Å². The third kappa shape index (κ3) is 3.54. The lowest BCUT2D eigenvalue weighted by Gasteiger charge is -2.23. The van der Waals surface area contributed by atoms with Crippen molar-refractivity contribution in [2.45, 2.75) is 17.4 Å². The fraction of sp³-hybridized carbons (Fsp3) is 0.222. The third-order valence-electron chi connectivity index (χ3n) is 4.15. The Balaban J connectivity index is 1.73. The lowest BCUT2D eigenvalue weighted by molar-refractivity contribution is -0.130. The number of nitrogens with one attached hydrogen (secondary N) is 1. The lowest BCUT2D eigenvalue weighted by Crippen LogP contribution is -2.41. The quantitative estimate of drug-likeness (QED) is 0.572. The number of thioether (sulfide) groups is 1. The van der Waals surface area contributed by atoms with Crippen LogP contribution in [0.3, 0.4) is 0 Å². The van der Waals surface area contributed by atoms with Crippen LogP contribution in [0, 0.1) is 5.82 Å². The van der Waals surface area contributed by atoms with Crippen LogP contribution in [0.1, 0.15) is 12.5 Å². The summed E-state index contributed by atoms with van der Waals surface area (Å²) in [6, 6.07) is 10.6. The Morgan fingerprint density at radius 3 is 2.62 bits per heavy atom. The maximum atomic E-state index is 13.7. The highest BCUT2D eigenvalue weighted by atomic mass is 35.5. The Morgan fingerprint density at radius 2 is 1.92 bits per heavy atom. The van der Waals surface area contributed by atoms with E-state index in [1.807, 2.05) is 0 Å². The van der Waals surface area contributed by atoms with Crippen molar-refractivity contribution in [3.05, 3.63) is 63.9 Å². The van der Waals surface area contributed by atoms with E-state index in [-0.39, 0.29) is 12.4 Å². The summed E-state index contributed by atoms with van der Waals surface area (Å²) in [5.74, 6) is -0.349. The summed E-state index contributed by atoms with van der Waals surface area (Å²) in [5, 5.41) is 3.44. The Morgan fingerprint density at radius 1 is 1.19 bits per heavy atom. The molecule has 1 aliphatic heterocycles. The zero-order chi connectivity index (χ0) is 18.9. The van der Waals surface area contributed by atoms with Gasteiger partial charge in [-0.15, -0.1) is 11.8 Å². The molecule has 1 heterocycles. The monoisotopic (exact) mass is 412 g/mol. The summed E-state index contributed by atoms with van der Waals surface area (Å²) in [6.07, 6.45) is 0. The number of imide groups is 1. The highest BCUT2D eigenvalue weighted by Crippen LogP contribution is 2.35. The highest BCUT2D eigenvalue weighted by Gasteiger charge is 2.49. The summed E-state index contributed by atoms with van der Waals surface area (Å²) in [4.78, 5) is 26.8. The number of hydrogen-bond donors (Lipinski definition) is 1. The van der Waals surface area contributed by atoms with Gasteiger partial charge in [-0.1, -0.05) is 41.4 Å². The van der Waals surface area contributed by atoms with Crippen LogP contribution in [-0.2, 0) is 10.3 Å². The first-order chi connectivity index (χ1) is 12.3. The van der Waals surface area contributed by atoms with E-state index in [1.54, 1.807) is 37.3 Å². The Bertz CT molecular complexity index is 880. The van der Waals surface area contributed by atoms with E-state index in [9.17, 15) is 14.0 Å². The van der Waals surface area contributed by atoms with Crippen LogP contribution < -0.4 is 5.32 Å². The van der Waals surface area contributed by atoms with Gasteiger partial charge in [-0.05, 0) is 31.2 Å². The van der Waals surface area contributed by atoms with Crippen molar-refractivity contribution in [2.24, 2.45) is 0 Å². The second kappa shape index (κ2) is 7.47. The fourth-order valence-electron chi connectivity index (χ4n) is 2.79. The summed E-state index contributed by atoms with van der Waals surface area (Å²) in [7, 11) is 0. The van der Waals surface area contributed by atoms with E-state index >= 15 is 0 Å². The normalized spacial score (nSPS) is 19.8. The summed E-state index contributed by atoms with van der Waals surface area (Å²) < 4.78 is 13.7. The van der Waals surface area contributed by atoms with E-state index in [2.05, 4.69) is 5.32 Å². The number of carbonyl (C=O) groups excluding carboxylic acids is 2. The molecule has 2 aromatic carbocycles. The van der Waals surface area contributed by atoms with Gasteiger partial charge in [0.25, 0.3) is 5.91 Å². The Kier molecular flexibility index (Phi) is 5.46. The number of halogens is 3. The van der Waals surface area contributed by atoms with Crippen LogP contribution in [-0.4, -0.2) is 29.1 Å². The zero-order valence-corrected chi connectivity index (χ0v) is 16.1. The van der Waals surface area contributed by atoms with Gasteiger partial charge >= 0.3 is 6.03 Å². The minimum absolute atomic E-state index is 0.157. The van der Waals surface area contributed by atoms with Gasteiger partial charge in [0, 0.05) is 32.8 Å². The van der Waals surface area contributed by atoms with E-state index < -0.39 is 17.5 Å². The Hall–Kier alpha value is -1.76. The van der Waals surface area contributed by atoms with E-state index in [1.165, 1.54) is 23.9 Å². The van der Waals surface area contributed by atoms with Gasteiger partial charge in [-0.25, -0.2) is 9.18 Å². The highest BCUT2D eigenvalue weighted by molar-refractivity contribution is 7.99. The Labute approximate surface area is 164 Å². The molecule has 0 saturated carbocycles. The van der Waals surface area contributed by atoms with Crippen LogP contribution in [0.25, 0.3) is 0 Å². The molecular formula is C18H15Cl2FN2O2S. The van der Waals surface area contributed by atoms with Crippen molar-refractivity contribution in [3.63, 3.8) is 0 Å². The molecule has 1 fully saturated rings. The van der Waals surface area contributed by atoms with Gasteiger partial charge < -0.3 is 5.32 Å². The van der Waals surface area contributed by atoms with Crippen molar-refractivity contribution < 1.29 is 14.0 Å². The first-order valence-electron chi connectivity index (χ1n) is 7.80. The standard InChI is InChI=1S/C18H15Cl2FN2O2S/c1-18(12-7-6-11(19)10-13(12)20)16(24)23(17(25)22-18)8-9-26-15-5-3-2-4-14(15)21/h2-7,10H,8-9H2,1H3,(H,22,25)/t18-/m0/s1. The largest absolute Gasteiger partial charge is 0.325 e. The molecule has 1 N–H and O–H groups in total. The summed E-state index contributed by atoms with van der Waals surface area (Å²) >= 11 is 13.4. The summed E-state index contributed by atoms with van der Waals surface area (Å²) in [6.45, 7) is 1.76. The van der Waals surface area contributed by atoms with E-state index in [0.717, 1.165) is 4.90 Å². The number of benzene rings is 2. The van der Waals surface area contributed by atoms with Crippen LogP contribution in [0.2, 0.25) is 10.0 Å². The summed E-state index contributed by atoms with van der Waals surface area (Å²) in [5.41, 5.74) is -0.785. The predicted octanol–water partition coefficient (Wildman–Crippen LogP) is 4.69. The van der Waals surface area contributed by atoms with Crippen molar-refractivity contribution in [2.75, 3.05) is 12.3 Å². The minimum Gasteiger partial charge on any atom is -0.319 e. The zero-order valence-electron chi connectivity index (χ0n) is 13.8. The van der Waals surface area contributed by atoms with E-state index in [0.29, 0.717) is 26.3 Å². The molecule has 0 radical (unpaired) electrons. The number of carbonyl (C=O) groups is 2. The smallest absolute Gasteiger partial charge is 0.319 e. The molecule has 0 bridgehead atoms. The molecule has 0 spiro atoms. The molecule has 3 rings (SSSR count). The maximum absolute atomic E-state index is 13.7. The molecule has 0 aliphatic carbocycles. The lowest BCUT2D eigenvalue weighted by atomic mass is 9.92.